The van der Waals surface area contributed by atoms with Gasteiger partial charge in [0.15, 0.2) is 0 Å². The molecule has 4 heteroatoms. The summed E-state index contributed by atoms with van der Waals surface area (Å²) in [6, 6.07) is 7.16. The zero-order chi connectivity index (χ0) is 16.0. The SMILES string of the molecule is CCOC(=O)CN1CCn2c3c(c4cc(C)ccc42)CCC[C@H]31. The standard InChI is InChI=1S/C19H24N2O2/c1-3-23-18(22)12-20-9-10-21-16-8-7-13(2)11-15(16)14-5-4-6-17(20)19(14)21/h7-8,11,17H,3-6,9-10,12H2,1-2H3/t17-/m1/s1. The first-order chi connectivity index (χ1) is 11.2. The van der Waals surface area contributed by atoms with Crippen molar-refractivity contribution >= 4 is 16.9 Å². The molecule has 4 rings (SSSR count). The Labute approximate surface area is 137 Å². The van der Waals surface area contributed by atoms with E-state index in [0.717, 1.165) is 25.9 Å². The maximum Gasteiger partial charge on any atom is 0.320 e. The van der Waals surface area contributed by atoms with Gasteiger partial charge in [0, 0.05) is 29.7 Å². The van der Waals surface area contributed by atoms with E-state index in [0.29, 0.717) is 19.2 Å². The van der Waals surface area contributed by atoms with E-state index in [2.05, 4.69) is 34.6 Å². The first-order valence-electron chi connectivity index (χ1n) is 8.70. The lowest BCUT2D eigenvalue weighted by atomic mass is 9.89. The molecule has 0 saturated heterocycles. The van der Waals surface area contributed by atoms with Crippen molar-refractivity contribution in [3.8, 4) is 0 Å². The molecular weight excluding hydrogens is 288 g/mol. The summed E-state index contributed by atoms with van der Waals surface area (Å²) in [6.07, 6.45) is 3.50. The summed E-state index contributed by atoms with van der Waals surface area (Å²) in [5, 5.41) is 1.42. The van der Waals surface area contributed by atoms with Gasteiger partial charge in [-0.05, 0) is 50.8 Å². The molecule has 0 N–H and O–H groups in total. The minimum atomic E-state index is -0.0972. The Bertz CT molecular complexity index is 762. The number of carbonyl (C=O) groups excluding carboxylic acids is 1. The molecule has 122 valence electrons. The van der Waals surface area contributed by atoms with Crippen LogP contribution in [-0.4, -0.2) is 35.1 Å². The van der Waals surface area contributed by atoms with E-state index in [4.69, 9.17) is 4.74 Å². The maximum absolute atomic E-state index is 11.9. The summed E-state index contributed by atoms with van der Waals surface area (Å²) >= 11 is 0. The number of ether oxygens (including phenoxy) is 1. The van der Waals surface area contributed by atoms with Gasteiger partial charge in [0.2, 0.25) is 0 Å². The molecule has 0 fully saturated rings. The van der Waals surface area contributed by atoms with E-state index in [1.807, 2.05) is 6.92 Å². The first-order valence-corrected chi connectivity index (χ1v) is 8.70. The largest absolute Gasteiger partial charge is 0.465 e. The lowest BCUT2D eigenvalue weighted by Crippen LogP contribution is -2.42. The van der Waals surface area contributed by atoms with E-state index >= 15 is 0 Å². The predicted molar refractivity (Wildman–Crippen MR) is 90.6 cm³/mol. The number of aromatic nitrogens is 1. The van der Waals surface area contributed by atoms with Crippen LogP contribution in [0.1, 0.15) is 42.6 Å². The van der Waals surface area contributed by atoms with Crippen molar-refractivity contribution in [1.29, 1.82) is 0 Å². The maximum atomic E-state index is 11.9. The van der Waals surface area contributed by atoms with Gasteiger partial charge in [0.05, 0.1) is 19.2 Å². The number of aryl methyl sites for hydroxylation is 2. The zero-order valence-corrected chi connectivity index (χ0v) is 14.0. The van der Waals surface area contributed by atoms with Gasteiger partial charge in [-0.15, -0.1) is 0 Å². The normalized spacial score (nSPS) is 20.5. The highest BCUT2D eigenvalue weighted by molar-refractivity contribution is 5.87. The van der Waals surface area contributed by atoms with Crippen molar-refractivity contribution in [1.82, 2.24) is 9.47 Å². The highest BCUT2D eigenvalue weighted by Crippen LogP contribution is 2.42. The Morgan fingerprint density at radius 3 is 3.04 bits per heavy atom. The lowest BCUT2D eigenvalue weighted by molar-refractivity contribution is -0.145. The van der Waals surface area contributed by atoms with Crippen molar-refractivity contribution < 1.29 is 9.53 Å². The smallest absolute Gasteiger partial charge is 0.320 e. The fourth-order valence-electron chi connectivity index (χ4n) is 4.35. The molecular formula is C19H24N2O2. The molecule has 1 aromatic carbocycles. The average Bonchev–Trinajstić information content (AvgIpc) is 2.85. The highest BCUT2D eigenvalue weighted by Gasteiger charge is 2.35. The van der Waals surface area contributed by atoms with Crippen molar-refractivity contribution in [2.75, 3.05) is 19.7 Å². The van der Waals surface area contributed by atoms with E-state index in [1.165, 1.54) is 34.1 Å². The number of hydrogen-bond acceptors (Lipinski definition) is 3. The van der Waals surface area contributed by atoms with Gasteiger partial charge >= 0.3 is 5.97 Å². The average molecular weight is 312 g/mol. The Morgan fingerprint density at radius 2 is 2.22 bits per heavy atom. The summed E-state index contributed by atoms with van der Waals surface area (Å²) in [7, 11) is 0. The van der Waals surface area contributed by atoms with Crippen LogP contribution in [0.3, 0.4) is 0 Å². The number of nitrogens with zero attached hydrogens (tertiary/aromatic N) is 2. The van der Waals surface area contributed by atoms with Gasteiger partial charge in [-0.25, -0.2) is 0 Å². The number of hydrogen-bond donors (Lipinski definition) is 0. The number of benzene rings is 1. The van der Waals surface area contributed by atoms with E-state index in [1.54, 1.807) is 0 Å². The number of rotatable bonds is 3. The van der Waals surface area contributed by atoms with Crippen molar-refractivity contribution in [3.05, 3.63) is 35.0 Å². The second-order valence-electron chi connectivity index (χ2n) is 6.72. The molecule has 2 aromatic rings. The molecule has 1 aliphatic heterocycles. The fraction of sp³-hybridized carbons (Fsp3) is 0.526. The van der Waals surface area contributed by atoms with Crippen LogP contribution < -0.4 is 0 Å². The fourth-order valence-corrected chi connectivity index (χ4v) is 4.35. The van der Waals surface area contributed by atoms with E-state index in [-0.39, 0.29) is 5.97 Å². The van der Waals surface area contributed by atoms with Crippen LogP contribution in [0.4, 0.5) is 0 Å². The molecule has 0 saturated carbocycles. The molecule has 0 amide bonds. The van der Waals surface area contributed by atoms with Crippen LogP contribution in [0.2, 0.25) is 0 Å². The van der Waals surface area contributed by atoms with Crippen molar-refractivity contribution in [3.63, 3.8) is 0 Å². The second kappa shape index (κ2) is 5.68. The minimum absolute atomic E-state index is 0.0972. The molecule has 4 nitrogen and oxygen atoms in total. The summed E-state index contributed by atoms with van der Waals surface area (Å²) in [5.74, 6) is -0.0972. The molecule has 0 spiro atoms. The number of esters is 1. The molecule has 1 aliphatic carbocycles. The predicted octanol–water partition coefficient (Wildman–Crippen LogP) is 3.21. The van der Waals surface area contributed by atoms with Crippen LogP contribution in [0, 0.1) is 6.92 Å². The summed E-state index contributed by atoms with van der Waals surface area (Å²) in [4.78, 5) is 14.3. The molecule has 0 radical (unpaired) electrons. The summed E-state index contributed by atoms with van der Waals surface area (Å²) < 4.78 is 7.66. The second-order valence-corrected chi connectivity index (χ2v) is 6.72. The zero-order valence-electron chi connectivity index (χ0n) is 14.0. The third kappa shape index (κ3) is 2.36. The molecule has 0 bridgehead atoms. The molecule has 23 heavy (non-hydrogen) atoms. The van der Waals surface area contributed by atoms with Crippen molar-refractivity contribution in [2.45, 2.75) is 45.7 Å². The highest BCUT2D eigenvalue weighted by atomic mass is 16.5. The minimum Gasteiger partial charge on any atom is -0.465 e. The number of carbonyl (C=O) groups is 1. The molecule has 2 heterocycles. The Morgan fingerprint density at radius 1 is 1.35 bits per heavy atom. The van der Waals surface area contributed by atoms with E-state index in [9.17, 15) is 4.79 Å². The molecule has 1 aromatic heterocycles. The Hall–Kier alpha value is -1.81. The summed E-state index contributed by atoms with van der Waals surface area (Å²) in [5.41, 5.74) is 5.64. The van der Waals surface area contributed by atoms with Crippen LogP contribution in [0.25, 0.3) is 10.9 Å². The van der Waals surface area contributed by atoms with Gasteiger partial charge in [-0.1, -0.05) is 11.6 Å². The van der Waals surface area contributed by atoms with Crippen LogP contribution in [0.5, 0.6) is 0 Å². The van der Waals surface area contributed by atoms with Gasteiger partial charge in [0.25, 0.3) is 0 Å². The first kappa shape index (κ1) is 14.8. The third-order valence-corrected chi connectivity index (χ3v) is 5.28. The topological polar surface area (TPSA) is 34.5 Å². The van der Waals surface area contributed by atoms with E-state index < -0.39 is 0 Å². The number of fused-ring (bicyclic) bond motifs is 3. The van der Waals surface area contributed by atoms with Crippen molar-refractivity contribution in [2.24, 2.45) is 0 Å². The lowest BCUT2D eigenvalue weighted by Gasteiger charge is -2.39. The van der Waals surface area contributed by atoms with Gasteiger partial charge < -0.3 is 9.30 Å². The third-order valence-electron chi connectivity index (χ3n) is 5.28. The molecule has 2 aliphatic rings. The van der Waals surface area contributed by atoms with Crippen LogP contribution >= 0.6 is 0 Å². The Kier molecular flexibility index (Phi) is 3.64. The van der Waals surface area contributed by atoms with Gasteiger partial charge in [0.1, 0.15) is 0 Å². The Balaban J connectivity index is 1.76. The molecule has 1 atom stereocenters. The van der Waals surface area contributed by atoms with Gasteiger partial charge in [-0.2, -0.15) is 0 Å². The van der Waals surface area contributed by atoms with Crippen LogP contribution in [-0.2, 0) is 22.5 Å². The monoisotopic (exact) mass is 312 g/mol. The quantitative estimate of drug-likeness (QED) is 0.816. The molecule has 0 unspecified atom stereocenters. The summed E-state index contributed by atoms with van der Waals surface area (Å²) in [6.45, 7) is 6.79. The van der Waals surface area contributed by atoms with Gasteiger partial charge in [-0.3, -0.25) is 9.69 Å². The van der Waals surface area contributed by atoms with Crippen LogP contribution in [0.15, 0.2) is 18.2 Å².